The predicted molar refractivity (Wildman–Crippen MR) is 82.2 cm³/mol. The third kappa shape index (κ3) is 4.44. The maximum absolute atomic E-state index is 12.1. The highest BCUT2D eigenvalue weighted by atomic mass is 79.9. The van der Waals surface area contributed by atoms with Crippen LogP contribution in [0.1, 0.15) is 18.2 Å². The number of likely N-dealkylation sites (N-methyl/N-ethyl adjacent to an activating group) is 1. The average molecular weight is 344 g/mol. The second-order valence-electron chi connectivity index (χ2n) is 4.61. The molecule has 1 aromatic heterocycles. The van der Waals surface area contributed by atoms with Crippen molar-refractivity contribution in [2.45, 2.75) is 13.3 Å². The van der Waals surface area contributed by atoms with Crippen molar-refractivity contribution in [1.82, 2.24) is 4.90 Å². The molecule has 1 saturated heterocycles. The summed E-state index contributed by atoms with van der Waals surface area (Å²) in [5.41, 5.74) is 0. The Kier molecular flexibility index (Phi) is 5.60. The van der Waals surface area contributed by atoms with Gasteiger partial charge in [-0.3, -0.25) is 4.79 Å². The zero-order valence-electron chi connectivity index (χ0n) is 11.0. The molecule has 1 aliphatic rings. The van der Waals surface area contributed by atoms with Crippen molar-refractivity contribution >= 4 is 39.2 Å². The summed E-state index contributed by atoms with van der Waals surface area (Å²) in [4.78, 5) is 15.1. The highest BCUT2D eigenvalue weighted by Crippen LogP contribution is 2.21. The molecule has 0 aliphatic carbocycles. The normalized spacial score (nSPS) is 19.2. The van der Waals surface area contributed by atoms with Crippen molar-refractivity contribution in [3.63, 3.8) is 0 Å². The number of carbonyl (C=O) groups excluding carboxylic acids is 1. The Morgan fingerprint density at radius 2 is 2.53 bits per heavy atom. The van der Waals surface area contributed by atoms with Crippen LogP contribution in [0.4, 0.5) is 0 Å². The number of nitrogens with zero attached hydrogens (tertiary/aromatic N) is 1. The molecule has 3 nitrogen and oxygen atoms in total. The van der Waals surface area contributed by atoms with Gasteiger partial charge in [-0.25, -0.2) is 0 Å². The van der Waals surface area contributed by atoms with E-state index in [9.17, 15) is 4.79 Å². The van der Waals surface area contributed by atoms with Gasteiger partial charge in [-0.2, -0.15) is 0 Å². The van der Waals surface area contributed by atoms with Gasteiger partial charge in [0.05, 0.1) is 6.61 Å². The molecule has 2 heterocycles. The van der Waals surface area contributed by atoms with E-state index in [1.807, 2.05) is 29.3 Å². The summed E-state index contributed by atoms with van der Waals surface area (Å²) in [6.45, 7) is 5.17. The Hall–Kier alpha value is -0.650. The monoisotopic (exact) mass is 343 g/mol. The predicted octanol–water partition coefficient (Wildman–Crippen LogP) is 3.41. The molecule has 1 aliphatic heterocycles. The lowest BCUT2D eigenvalue weighted by molar-refractivity contribution is -0.126. The van der Waals surface area contributed by atoms with Crippen LogP contribution >= 0.6 is 27.3 Å². The largest absolute Gasteiger partial charge is 0.381 e. The number of hydrogen-bond acceptors (Lipinski definition) is 3. The average Bonchev–Trinajstić information content (AvgIpc) is 3.04. The van der Waals surface area contributed by atoms with Crippen molar-refractivity contribution in [3.05, 3.63) is 26.9 Å². The quantitative estimate of drug-likeness (QED) is 0.766. The lowest BCUT2D eigenvalue weighted by Gasteiger charge is -2.22. The second kappa shape index (κ2) is 7.22. The summed E-state index contributed by atoms with van der Waals surface area (Å²) in [5.74, 6) is 0.576. The van der Waals surface area contributed by atoms with Crippen molar-refractivity contribution in [2.75, 3.05) is 26.3 Å². The number of amides is 1. The molecule has 2 rings (SSSR count). The number of rotatable bonds is 5. The Morgan fingerprint density at radius 1 is 1.68 bits per heavy atom. The molecule has 0 spiro atoms. The number of carbonyl (C=O) groups is 1. The van der Waals surface area contributed by atoms with Crippen LogP contribution in [-0.4, -0.2) is 37.1 Å². The van der Waals surface area contributed by atoms with E-state index in [2.05, 4.69) is 15.9 Å². The molecule has 0 N–H and O–H groups in total. The van der Waals surface area contributed by atoms with Gasteiger partial charge in [-0.1, -0.05) is 0 Å². The van der Waals surface area contributed by atoms with Gasteiger partial charge >= 0.3 is 0 Å². The summed E-state index contributed by atoms with van der Waals surface area (Å²) in [7, 11) is 0. The van der Waals surface area contributed by atoms with Crippen LogP contribution in [-0.2, 0) is 9.53 Å². The van der Waals surface area contributed by atoms with E-state index in [-0.39, 0.29) is 5.91 Å². The van der Waals surface area contributed by atoms with Gasteiger partial charge in [-0.05, 0) is 41.4 Å². The molecule has 0 unspecified atom stereocenters. The smallest absolute Gasteiger partial charge is 0.246 e. The van der Waals surface area contributed by atoms with Gasteiger partial charge < -0.3 is 9.64 Å². The van der Waals surface area contributed by atoms with Gasteiger partial charge in [-0.15, -0.1) is 11.3 Å². The van der Waals surface area contributed by atoms with Gasteiger partial charge in [0.25, 0.3) is 0 Å². The Bertz CT molecular complexity index is 452. The van der Waals surface area contributed by atoms with Crippen LogP contribution in [0.5, 0.6) is 0 Å². The van der Waals surface area contributed by atoms with Crippen LogP contribution in [0.25, 0.3) is 6.08 Å². The van der Waals surface area contributed by atoms with Gasteiger partial charge in [0.1, 0.15) is 0 Å². The Morgan fingerprint density at radius 3 is 3.11 bits per heavy atom. The number of ether oxygens (including phenoxy) is 1. The van der Waals surface area contributed by atoms with E-state index < -0.39 is 0 Å². The topological polar surface area (TPSA) is 29.5 Å². The number of hydrogen-bond donors (Lipinski definition) is 0. The Labute approximate surface area is 126 Å². The molecule has 1 amide bonds. The molecular formula is C14H18BrNO2S. The fraction of sp³-hybridized carbons (Fsp3) is 0.500. The van der Waals surface area contributed by atoms with E-state index in [4.69, 9.17) is 4.74 Å². The lowest BCUT2D eigenvalue weighted by Crippen LogP contribution is -2.34. The fourth-order valence-electron chi connectivity index (χ4n) is 2.09. The molecular weight excluding hydrogens is 326 g/mol. The molecule has 19 heavy (non-hydrogen) atoms. The van der Waals surface area contributed by atoms with Crippen LogP contribution in [0.2, 0.25) is 0 Å². The van der Waals surface area contributed by atoms with Crippen molar-refractivity contribution in [1.29, 1.82) is 0 Å². The van der Waals surface area contributed by atoms with E-state index in [0.717, 1.165) is 42.1 Å². The zero-order chi connectivity index (χ0) is 13.7. The minimum Gasteiger partial charge on any atom is -0.381 e. The highest BCUT2D eigenvalue weighted by molar-refractivity contribution is 9.10. The molecule has 1 fully saturated rings. The third-order valence-corrected chi connectivity index (χ3v) is 4.83. The van der Waals surface area contributed by atoms with Gasteiger partial charge in [0.15, 0.2) is 0 Å². The highest BCUT2D eigenvalue weighted by Gasteiger charge is 2.20. The molecule has 104 valence electrons. The lowest BCUT2D eigenvalue weighted by atomic mass is 10.1. The number of halogens is 1. The summed E-state index contributed by atoms with van der Waals surface area (Å²) in [6.07, 6.45) is 4.61. The maximum Gasteiger partial charge on any atom is 0.246 e. The van der Waals surface area contributed by atoms with Crippen molar-refractivity contribution in [3.8, 4) is 0 Å². The second-order valence-corrected chi connectivity index (χ2v) is 6.47. The third-order valence-electron chi connectivity index (χ3n) is 3.17. The van der Waals surface area contributed by atoms with Gasteiger partial charge in [0.2, 0.25) is 5.91 Å². The molecule has 5 heteroatoms. The van der Waals surface area contributed by atoms with E-state index in [1.165, 1.54) is 0 Å². The molecule has 0 radical (unpaired) electrons. The summed E-state index contributed by atoms with van der Waals surface area (Å²) >= 11 is 5.03. The first-order chi connectivity index (χ1) is 9.19. The first-order valence-electron chi connectivity index (χ1n) is 6.47. The zero-order valence-corrected chi connectivity index (χ0v) is 13.4. The number of thiophene rings is 1. The van der Waals surface area contributed by atoms with E-state index in [0.29, 0.717) is 5.92 Å². The molecule has 1 aromatic rings. The van der Waals surface area contributed by atoms with E-state index in [1.54, 1.807) is 17.4 Å². The summed E-state index contributed by atoms with van der Waals surface area (Å²) in [5, 5.41) is 2.01. The minimum atomic E-state index is 0.0823. The van der Waals surface area contributed by atoms with Crippen LogP contribution in [0, 0.1) is 5.92 Å². The SMILES string of the molecule is CCN(C[C@@H]1CCOC1)C(=O)/C=C/c1cc(Br)cs1. The molecule has 0 aromatic carbocycles. The molecule has 0 bridgehead atoms. The molecule has 1 atom stereocenters. The van der Waals surface area contributed by atoms with E-state index >= 15 is 0 Å². The maximum atomic E-state index is 12.1. The standard InChI is InChI=1S/C14H18BrNO2S/c1-2-16(8-11-5-6-18-9-11)14(17)4-3-13-7-12(15)10-19-13/h3-4,7,10-11H,2,5-6,8-9H2,1H3/b4-3+/t11-/m0/s1. The van der Waals surface area contributed by atoms with Crippen LogP contribution in [0.3, 0.4) is 0 Å². The summed E-state index contributed by atoms with van der Waals surface area (Å²) in [6, 6.07) is 2.01. The molecule has 0 saturated carbocycles. The van der Waals surface area contributed by atoms with Crippen LogP contribution < -0.4 is 0 Å². The van der Waals surface area contributed by atoms with Crippen molar-refractivity contribution in [2.24, 2.45) is 5.92 Å². The minimum absolute atomic E-state index is 0.0823. The van der Waals surface area contributed by atoms with Crippen LogP contribution in [0.15, 0.2) is 22.0 Å². The first kappa shape index (κ1) is 14.8. The van der Waals surface area contributed by atoms with Gasteiger partial charge in [0, 0.05) is 46.4 Å². The fourth-order valence-corrected chi connectivity index (χ4v) is 3.43. The summed E-state index contributed by atoms with van der Waals surface area (Å²) < 4.78 is 6.41. The Balaban J connectivity index is 1.90. The first-order valence-corrected chi connectivity index (χ1v) is 8.15. The van der Waals surface area contributed by atoms with Crippen molar-refractivity contribution < 1.29 is 9.53 Å².